The number of nitrogens with two attached hydrogens (primary N) is 1. The van der Waals surface area contributed by atoms with E-state index in [4.69, 9.17) is 22.1 Å². The molecule has 15 heavy (non-hydrogen) atoms. The zero-order chi connectivity index (χ0) is 11.4. The number of halogens is 1. The molecule has 1 aromatic carbocycles. The molecule has 0 aliphatic rings. The largest absolute Gasteiger partial charge is 0.495 e. The van der Waals surface area contributed by atoms with Gasteiger partial charge in [0, 0.05) is 0 Å². The van der Waals surface area contributed by atoms with Gasteiger partial charge in [-0.1, -0.05) is 30.7 Å². The predicted molar refractivity (Wildman–Crippen MR) is 64.8 cm³/mol. The van der Waals surface area contributed by atoms with Gasteiger partial charge in [0.25, 0.3) is 0 Å². The molecule has 1 atom stereocenters. The zero-order valence-electron chi connectivity index (χ0n) is 9.51. The molecule has 3 heteroatoms. The summed E-state index contributed by atoms with van der Waals surface area (Å²) in [6.07, 6.45) is 0.936. The van der Waals surface area contributed by atoms with Gasteiger partial charge in [-0.15, -0.1) is 0 Å². The lowest BCUT2D eigenvalue weighted by molar-refractivity contribution is 0.411. The van der Waals surface area contributed by atoms with Crippen LogP contribution in [0.4, 0.5) is 0 Å². The minimum absolute atomic E-state index is 0.372. The summed E-state index contributed by atoms with van der Waals surface area (Å²) in [6, 6.07) is 4.09. The lowest BCUT2D eigenvalue weighted by atomic mass is 9.96. The standard InChI is InChI=1S/C12H18ClNO/c1-8(6-7-14)10-5-4-9(2)12(15-3)11(10)13/h4-5,8H,6-7,14H2,1-3H3. The van der Waals surface area contributed by atoms with Gasteiger partial charge in [-0.25, -0.2) is 0 Å². The Bertz CT molecular complexity index is 339. The van der Waals surface area contributed by atoms with Gasteiger partial charge >= 0.3 is 0 Å². The fourth-order valence-corrected chi connectivity index (χ4v) is 2.18. The average molecular weight is 228 g/mol. The van der Waals surface area contributed by atoms with Crippen LogP contribution in [0.25, 0.3) is 0 Å². The van der Waals surface area contributed by atoms with Gasteiger partial charge < -0.3 is 10.5 Å². The van der Waals surface area contributed by atoms with Crippen molar-refractivity contribution in [1.29, 1.82) is 0 Å². The van der Waals surface area contributed by atoms with Gasteiger partial charge in [-0.2, -0.15) is 0 Å². The van der Waals surface area contributed by atoms with E-state index < -0.39 is 0 Å². The SMILES string of the molecule is COc1c(C)ccc(C(C)CCN)c1Cl. The fourth-order valence-electron chi connectivity index (χ4n) is 1.70. The Morgan fingerprint density at radius 3 is 2.67 bits per heavy atom. The van der Waals surface area contributed by atoms with Gasteiger partial charge in [0.15, 0.2) is 0 Å². The van der Waals surface area contributed by atoms with E-state index in [9.17, 15) is 0 Å². The summed E-state index contributed by atoms with van der Waals surface area (Å²) < 4.78 is 5.28. The van der Waals surface area contributed by atoms with E-state index in [1.165, 1.54) is 0 Å². The number of hydrogen-bond acceptors (Lipinski definition) is 2. The molecule has 0 amide bonds. The summed E-state index contributed by atoms with van der Waals surface area (Å²) >= 11 is 6.28. The van der Waals surface area contributed by atoms with E-state index in [1.807, 2.05) is 13.0 Å². The van der Waals surface area contributed by atoms with E-state index in [0.29, 0.717) is 12.5 Å². The zero-order valence-corrected chi connectivity index (χ0v) is 10.3. The molecule has 0 saturated heterocycles. The van der Waals surface area contributed by atoms with Crippen LogP contribution in [0.5, 0.6) is 5.75 Å². The summed E-state index contributed by atoms with van der Waals surface area (Å²) in [5.74, 6) is 1.15. The van der Waals surface area contributed by atoms with Crippen LogP contribution in [0.15, 0.2) is 12.1 Å². The van der Waals surface area contributed by atoms with Crippen LogP contribution in [0.1, 0.15) is 30.4 Å². The van der Waals surface area contributed by atoms with Crippen molar-refractivity contribution in [3.8, 4) is 5.75 Å². The second-order valence-corrected chi connectivity index (χ2v) is 4.18. The van der Waals surface area contributed by atoms with Crippen LogP contribution in [0.2, 0.25) is 5.02 Å². The number of methoxy groups -OCH3 is 1. The number of ether oxygens (including phenoxy) is 1. The number of benzene rings is 1. The molecule has 0 saturated carbocycles. The molecule has 0 aliphatic carbocycles. The van der Waals surface area contributed by atoms with Crippen molar-refractivity contribution in [3.05, 3.63) is 28.3 Å². The third kappa shape index (κ3) is 2.64. The van der Waals surface area contributed by atoms with Gasteiger partial charge in [0.2, 0.25) is 0 Å². The van der Waals surface area contributed by atoms with Crippen LogP contribution in [0.3, 0.4) is 0 Å². The maximum atomic E-state index is 6.28. The summed E-state index contributed by atoms with van der Waals surface area (Å²) in [5.41, 5.74) is 7.72. The van der Waals surface area contributed by atoms with Crippen molar-refractivity contribution in [3.63, 3.8) is 0 Å². The maximum Gasteiger partial charge on any atom is 0.140 e. The van der Waals surface area contributed by atoms with Gasteiger partial charge in [0.05, 0.1) is 12.1 Å². The lowest BCUT2D eigenvalue weighted by Crippen LogP contribution is -2.05. The van der Waals surface area contributed by atoms with Crippen LogP contribution >= 0.6 is 11.6 Å². The molecule has 1 rings (SSSR count). The number of aryl methyl sites for hydroxylation is 1. The molecule has 0 spiro atoms. The molecule has 0 heterocycles. The number of hydrogen-bond donors (Lipinski definition) is 1. The second-order valence-electron chi connectivity index (χ2n) is 3.80. The molecule has 2 nitrogen and oxygen atoms in total. The van der Waals surface area contributed by atoms with Crippen molar-refractivity contribution < 1.29 is 4.74 Å². The first-order chi connectivity index (χ1) is 7.11. The Labute approximate surface area is 96.4 Å². The molecule has 84 valence electrons. The molecular formula is C12H18ClNO. The Balaban J connectivity index is 3.09. The van der Waals surface area contributed by atoms with Gasteiger partial charge in [-0.05, 0) is 36.9 Å². The third-order valence-electron chi connectivity index (χ3n) is 2.66. The first kappa shape index (κ1) is 12.3. The summed E-state index contributed by atoms with van der Waals surface area (Å²) in [5, 5.41) is 0.721. The van der Waals surface area contributed by atoms with Crippen LogP contribution in [-0.4, -0.2) is 13.7 Å². The van der Waals surface area contributed by atoms with E-state index in [-0.39, 0.29) is 0 Å². The predicted octanol–water partition coefficient (Wildman–Crippen LogP) is 3.11. The van der Waals surface area contributed by atoms with Crippen LogP contribution < -0.4 is 10.5 Å². The highest BCUT2D eigenvalue weighted by molar-refractivity contribution is 6.33. The van der Waals surface area contributed by atoms with Crippen LogP contribution in [0, 0.1) is 6.92 Å². The van der Waals surface area contributed by atoms with Crippen molar-refractivity contribution in [2.45, 2.75) is 26.2 Å². The summed E-state index contributed by atoms with van der Waals surface area (Å²) in [7, 11) is 1.64. The minimum Gasteiger partial charge on any atom is -0.495 e. The highest BCUT2D eigenvalue weighted by Gasteiger charge is 2.14. The van der Waals surface area contributed by atoms with Crippen LogP contribution in [-0.2, 0) is 0 Å². The van der Waals surface area contributed by atoms with Crippen molar-refractivity contribution >= 4 is 11.6 Å². The Morgan fingerprint density at radius 1 is 1.47 bits per heavy atom. The highest BCUT2D eigenvalue weighted by Crippen LogP contribution is 2.36. The highest BCUT2D eigenvalue weighted by atomic mass is 35.5. The molecule has 0 radical (unpaired) electrons. The van der Waals surface area contributed by atoms with E-state index >= 15 is 0 Å². The fraction of sp³-hybridized carbons (Fsp3) is 0.500. The molecule has 2 N–H and O–H groups in total. The molecule has 0 aliphatic heterocycles. The van der Waals surface area contributed by atoms with E-state index in [2.05, 4.69) is 13.0 Å². The second kappa shape index (κ2) is 5.38. The molecule has 1 aromatic rings. The Kier molecular flexibility index (Phi) is 4.43. The lowest BCUT2D eigenvalue weighted by Gasteiger charge is -2.16. The first-order valence-electron chi connectivity index (χ1n) is 5.14. The van der Waals surface area contributed by atoms with Gasteiger partial charge in [0.1, 0.15) is 5.75 Å². The maximum absolute atomic E-state index is 6.28. The monoisotopic (exact) mass is 227 g/mol. The quantitative estimate of drug-likeness (QED) is 0.858. The first-order valence-corrected chi connectivity index (χ1v) is 5.52. The van der Waals surface area contributed by atoms with Gasteiger partial charge in [-0.3, -0.25) is 0 Å². The van der Waals surface area contributed by atoms with Crippen molar-refractivity contribution in [2.75, 3.05) is 13.7 Å². The average Bonchev–Trinajstić information content (AvgIpc) is 2.18. The molecular weight excluding hydrogens is 210 g/mol. The van der Waals surface area contributed by atoms with Crippen molar-refractivity contribution in [1.82, 2.24) is 0 Å². The minimum atomic E-state index is 0.372. The Hall–Kier alpha value is -0.730. The Morgan fingerprint density at radius 2 is 2.13 bits per heavy atom. The normalized spacial score (nSPS) is 12.6. The van der Waals surface area contributed by atoms with Crippen molar-refractivity contribution in [2.24, 2.45) is 5.73 Å². The molecule has 1 unspecified atom stereocenters. The number of rotatable bonds is 4. The summed E-state index contributed by atoms with van der Waals surface area (Å²) in [6.45, 7) is 4.79. The van der Waals surface area contributed by atoms with E-state index in [1.54, 1.807) is 7.11 Å². The van der Waals surface area contributed by atoms with E-state index in [0.717, 1.165) is 28.3 Å². The molecule has 0 aromatic heterocycles. The molecule has 0 bridgehead atoms. The smallest absolute Gasteiger partial charge is 0.140 e. The third-order valence-corrected chi connectivity index (χ3v) is 3.05. The summed E-state index contributed by atoms with van der Waals surface area (Å²) in [4.78, 5) is 0. The molecule has 0 fully saturated rings. The topological polar surface area (TPSA) is 35.2 Å².